The molecule has 0 unspecified atom stereocenters. The first-order chi connectivity index (χ1) is 5.16. The molecule has 1 saturated heterocycles. The van der Waals surface area contributed by atoms with Gasteiger partial charge < -0.3 is 24.9 Å². The highest BCUT2D eigenvalue weighted by Crippen LogP contribution is 2.16. The Morgan fingerprint density at radius 2 is 2.18 bits per heavy atom. The number of rotatable bonds is 2. The first kappa shape index (κ1) is 8.61. The number of hydrogen-bond donors (Lipinski definition) is 3. The quantitative estimate of drug-likeness (QED) is 0.396. The number of carbonyl (C=O) groups is 1. The molecule has 5 heteroatoms. The summed E-state index contributed by atoms with van der Waals surface area (Å²) in [7, 11) is 0. The smallest absolute Gasteiger partial charge is 0.151 e. The zero-order chi connectivity index (χ0) is 8.43. The summed E-state index contributed by atoms with van der Waals surface area (Å²) in [4.78, 5) is 10.0. The van der Waals surface area contributed by atoms with Crippen LogP contribution in [0.15, 0.2) is 0 Å². The van der Waals surface area contributed by atoms with Crippen LogP contribution in [-0.4, -0.2) is 52.6 Å². The lowest BCUT2D eigenvalue weighted by Crippen LogP contribution is -2.39. The predicted octanol–water partition coefficient (Wildman–Crippen LogP) is -2.33. The minimum atomic E-state index is -1.36. The monoisotopic (exact) mass is 162 g/mol. The van der Waals surface area contributed by atoms with Crippen molar-refractivity contribution in [2.45, 2.75) is 24.4 Å². The van der Waals surface area contributed by atoms with E-state index in [0.29, 0.717) is 0 Å². The molecule has 5 nitrogen and oxygen atoms in total. The third-order valence-corrected chi connectivity index (χ3v) is 1.67. The number of hydrogen-bond acceptors (Lipinski definition) is 5. The van der Waals surface area contributed by atoms with Gasteiger partial charge in [-0.25, -0.2) is 0 Å². The molecule has 0 radical (unpaired) electrons. The zero-order valence-corrected chi connectivity index (χ0v) is 5.75. The molecule has 0 bridgehead atoms. The zero-order valence-electron chi connectivity index (χ0n) is 5.75. The van der Waals surface area contributed by atoms with E-state index in [4.69, 9.17) is 20.1 Å². The summed E-state index contributed by atoms with van der Waals surface area (Å²) in [5, 5.41) is 26.9. The third-order valence-electron chi connectivity index (χ3n) is 1.67. The topological polar surface area (TPSA) is 87.0 Å². The Bertz CT molecular complexity index is 148. The highest BCUT2D eigenvalue weighted by atomic mass is 16.5. The van der Waals surface area contributed by atoms with Crippen LogP contribution in [0.3, 0.4) is 0 Å². The summed E-state index contributed by atoms with van der Waals surface area (Å²) in [5.74, 6) is 0. The molecule has 0 aliphatic carbocycles. The lowest BCUT2D eigenvalue weighted by Gasteiger charge is -2.15. The van der Waals surface area contributed by atoms with Crippen LogP contribution in [0, 0.1) is 0 Å². The largest absolute Gasteiger partial charge is 0.388 e. The highest BCUT2D eigenvalue weighted by molar-refractivity contribution is 5.57. The second kappa shape index (κ2) is 3.27. The van der Waals surface area contributed by atoms with Crippen molar-refractivity contribution in [3.8, 4) is 0 Å². The molecule has 1 fully saturated rings. The molecule has 1 heterocycles. The van der Waals surface area contributed by atoms with E-state index in [1.807, 2.05) is 0 Å². The molecule has 11 heavy (non-hydrogen) atoms. The minimum Gasteiger partial charge on any atom is -0.388 e. The van der Waals surface area contributed by atoms with E-state index in [1.54, 1.807) is 0 Å². The van der Waals surface area contributed by atoms with Gasteiger partial charge in [-0.1, -0.05) is 0 Å². The first-order valence-electron chi connectivity index (χ1n) is 3.28. The molecule has 0 aromatic rings. The molecule has 64 valence electrons. The van der Waals surface area contributed by atoms with Gasteiger partial charge in [0.25, 0.3) is 0 Å². The van der Waals surface area contributed by atoms with Gasteiger partial charge in [-0.2, -0.15) is 0 Å². The van der Waals surface area contributed by atoms with E-state index in [0.717, 1.165) is 0 Å². The highest BCUT2D eigenvalue weighted by Gasteiger charge is 2.38. The fraction of sp³-hybridized carbons (Fsp3) is 0.833. The Labute approximate surface area is 63.2 Å². The molecule has 1 aliphatic heterocycles. The molecule has 0 amide bonds. The molecule has 1 aliphatic rings. The second-order valence-electron chi connectivity index (χ2n) is 2.48. The summed E-state index contributed by atoms with van der Waals surface area (Å²) in [6.45, 7) is -0.0449. The van der Waals surface area contributed by atoms with Crippen molar-refractivity contribution in [2.75, 3.05) is 6.61 Å². The Morgan fingerprint density at radius 3 is 2.55 bits per heavy atom. The van der Waals surface area contributed by atoms with Gasteiger partial charge in [-0.05, 0) is 0 Å². The van der Waals surface area contributed by atoms with Gasteiger partial charge in [0, 0.05) is 0 Å². The SMILES string of the molecule is O=C[C@@H](O)[C@H]1OC[C@@H](O)[C@H]1O. The van der Waals surface area contributed by atoms with Gasteiger partial charge in [0.05, 0.1) is 6.61 Å². The Kier molecular flexibility index (Phi) is 2.56. The maximum atomic E-state index is 10.0. The van der Waals surface area contributed by atoms with E-state index < -0.39 is 24.4 Å². The number of carbonyl (C=O) groups excluding carboxylic acids is 1. The Hall–Kier alpha value is -0.490. The number of aldehydes is 1. The van der Waals surface area contributed by atoms with E-state index in [2.05, 4.69) is 0 Å². The maximum Gasteiger partial charge on any atom is 0.151 e. The first-order valence-corrected chi connectivity index (χ1v) is 3.28. The van der Waals surface area contributed by atoms with Crippen LogP contribution in [0.25, 0.3) is 0 Å². The van der Waals surface area contributed by atoms with Crippen molar-refractivity contribution in [3.63, 3.8) is 0 Å². The van der Waals surface area contributed by atoms with E-state index in [9.17, 15) is 4.79 Å². The number of aliphatic hydroxyl groups excluding tert-OH is 3. The molecule has 3 N–H and O–H groups in total. The van der Waals surface area contributed by atoms with Crippen molar-refractivity contribution in [2.24, 2.45) is 0 Å². The van der Waals surface area contributed by atoms with Crippen molar-refractivity contribution >= 4 is 6.29 Å². The van der Waals surface area contributed by atoms with Crippen LogP contribution >= 0.6 is 0 Å². The third kappa shape index (κ3) is 1.57. The minimum absolute atomic E-state index is 0.0449. The van der Waals surface area contributed by atoms with Crippen molar-refractivity contribution in [1.29, 1.82) is 0 Å². The fourth-order valence-corrected chi connectivity index (χ4v) is 1.00. The van der Waals surface area contributed by atoms with Gasteiger partial charge in [0.2, 0.25) is 0 Å². The van der Waals surface area contributed by atoms with E-state index in [-0.39, 0.29) is 12.9 Å². The summed E-state index contributed by atoms with van der Waals surface area (Å²) >= 11 is 0. The average Bonchev–Trinajstić information content (AvgIpc) is 2.32. The average molecular weight is 162 g/mol. The lowest BCUT2D eigenvalue weighted by atomic mass is 10.1. The van der Waals surface area contributed by atoms with Gasteiger partial charge in [0.1, 0.15) is 24.4 Å². The second-order valence-corrected chi connectivity index (χ2v) is 2.48. The van der Waals surface area contributed by atoms with Crippen LogP contribution in [0.4, 0.5) is 0 Å². The van der Waals surface area contributed by atoms with Crippen LogP contribution in [-0.2, 0) is 9.53 Å². The molecule has 0 aromatic carbocycles. The molecule has 1 rings (SSSR count). The summed E-state index contributed by atoms with van der Waals surface area (Å²) in [5.41, 5.74) is 0. The Balaban J connectivity index is 2.54. The van der Waals surface area contributed by atoms with E-state index >= 15 is 0 Å². The standard InChI is InChI=1S/C6H10O5/c7-1-3(8)6-5(10)4(9)2-11-6/h1,3-6,8-10H,2H2/t3-,4-,5-,6-/m1/s1. The molecular weight excluding hydrogens is 152 g/mol. The van der Waals surface area contributed by atoms with Crippen molar-refractivity contribution in [1.82, 2.24) is 0 Å². The fourth-order valence-electron chi connectivity index (χ4n) is 1.00. The molecule has 0 saturated carbocycles. The predicted molar refractivity (Wildman–Crippen MR) is 33.8 cm³/mol. The van der Waals surface area contributed by atoms with Crippen LogP contribution in [0.2, 0.25) is 0 Å². The van der Waals surface area contributed by atoms with Crippen LogP contribution in [0.5, 0.6) is 0 Å². The van der Waals surface area contributed by atoms with Crippen LogP contribution in [0.1, 0.15) is 0 Å². The van der Waals surface area contributed by atoms with Gasteiger partial charge in [-0.3, -0.25) is 0 Å². The molecule has 0 aromatic heterocycles. The van der Waals surface area contributed by atoms with Crippen molar-refractivity contribution in [3.05, 3.63) is 0 Å². The van der Waals surface area contributed by atoms with Gasteiger partial charge in [0.15, 0.2) is 6.29 Å². The maximum absolute atomic E-state index is 10.0. The molecule has 0 spiro atoms. The number of ether oxygens (including phenoxy) is 1. The van der Waals surface area contributed by atoms with Gasteiger partial charge in [-0.15, -0.1) is 0 Å². The summed E-state index contributed by atoms with van der Waals surface area (Å²) in [6, 6.07) is 0. The van der Waals surface area contributed by atoms with Crippen LogP contribution < -0.4 is 0 Å². The molecule has 4 atom stereocenters. The Morgan fingerprint density at radius 1 is 1.55 bits per heavy atom. The lowest BCUT2D eigenvalue weighted by molar-refractivity contribution is -0.124. The number of aliphatic hydroxyl groups is 3. The van der Waals surface area contributed by atoms with E-state index in [1.165, 1.54) is 0 Å². The van der Waals surface area contributed by atoms with Crippen molar-refractivity contribution < 1.29 is 24.9 Å². The molecular formula is C6H10O5. The van der Waals surface area contributed by atoms with Gasteiger partial charge >= 0.3 is 0 Å². The summed E-state index contributed by atoms with van der Waals surface area (Å²) in [6.07, 6.45) is -4.25. The summed E-state index contributed by atoms with van der Waals surface area (Å²) < 4.78 is 4.75. The normalized spacial score (nSPS) is 40.5.